The van der Waals surface area contributed by atoms with Crippen molar-refractivity contribution in [2.24, 2.45) is 17.8 Å². The van der Waals surface area contributed by atoms with E-state index in [9.17, 15) is 28.9 Å². The van der Waals surface area contributed by atoms with Gasteiger partial charge >= 0.3 is 11.7 Å². The Morgan fingerprint density at radius 1 is 1.26 bits per heavy atom. The molecule has 3 rings (SSSR count). The van der Waals surface area contributed by atoms with Crippen molar-refractivity contribution in [2.75, 3.05) is 11.9 Å². The number of carbonyl (C=O) groups excluding carboxylic acids is 3. The molecule has 0 spiro atoms. The van der Waals surface area contributed by atoms with Crippen LogP contribution in [0.5, 0.6) is 0 Å². The highest BCUT2D eigenvalue weighted by atomic mass is 19.1. The van der Waals surface area contributed by atoms with E-state index in [4.69, 9.17) is 4.74 Å². The van der Waals surface area contributed by atoms with Gasteiger partial charge in [-0.1, -0.05) is 6.42 Å². The summed E-state index contributed by atoms with van der Waals surface area (Å²) in [6.45, 7) is -0.552. The fraction of sp³-hybridized carbons (Fsp3) is 0.500. The van der Waals surface area contributed by atoms with E-state index in [-0.39, 0.29) is 23.3 Å². The van der Waals surface area contributed by atoms with Crippen LogP contribution in [0.25, 0.3) is 0 Å². The summed E-state index contributed by atoms with van der Waals surface area (Å²) in [5.74, 6) is -2.55. The zero-order valence-corrected chi connectivity index (χ0v) is 14.5. The van der Waals surface area contributed by atoms with Crippen molar-refractivity contribution in [1.29, 1.82) is 0 Å². The molecule has 0 saturated heterocycles. The van der Waals surface area contributed by atoms with Gasteiger partial charge in [-0.25, -0.2) is 0 Å². The van der Waals surface area contributed by atoms with Gasteiger partial charge in [0, 0.05) is 23.6 Å². The van der Waals surface area contributed by atoms with Crippen LogP contribution in [0.3, 0.4) is 0 Å². The van der Waals surface area contributed by atoms with Crippen LogP contribution in [0.4, 0.5) is 15.8 Å². The van der Waals surface area contributed by atoms with Crippen LogP contribution in [0.15, 0.2) is 18.2 Å². The molecule has 8 nitrogen and oxygen atoms in total. The minimum absolute atomic E-state index is 0.0296. The Bertz CT molecular complexity index is 780. The number of ether oxygens (including phenoxy) is 1. The maximum atomic E-state index is 13.3. The number of nitrogens with zero attached hydrogens (tertiary/aromatic N) is 1. The van der Waals surface area contributed by atoms with Crippen molar-refractivity contribution in [3.63, 3.8) is 0 Å². The van der Waals surface area contributed by atoms with E-state index in [1.807, 2.05) is 0 Å². The quantitative estimate of drug-likeness (QED) is 0.478. The van der Waals surface area contributed by atoms with E-state index >= 15 is 0 Å². The molecule has 1 N–H and O–H groups in total. The third-order valence-corrected chi connectivity index (χ3v) is 5.15. The van der Waals surface area contributed by atoms with E-state index in [0.717, 1.165) is 31.4 Å². The van der Waals surface area contributed by atoms with Gasteiger partial charge in [-0.05, 0) is 37.8 Å². The molecule has 0 aromatic heterocycles. The van der Waals surface area contributed by atoms with Gasteiger partial charge in [-0.15, -0.1) is 0 Å². The molecule has 2 saturated carbocycles. The Morgan fingerprint density at radius 2 is 1.93 bits per heavy atom. The summed E-state index contributed by atoms with van der Waals surface area (Å²) in [5, 5.41) is 13.0. The minimum Gasteiger partial charge on any atom is -0.455 e. The summed E-state index contributed by atoms with van der Waals surface area (Å²) in [7, 11) is 0. The Morgan fingerprint density at radius 3 is 2.56 bits per heavy atom. The molecule has 1 aromatic rings. The molecule has 2 aliphatic carbocycles. The van der Waals surface area contributed by atoms with E-state index in [2.05, 4.69) is 5.32 Å². The second-order valence-electron chi connectivity index (χ2n) is 6.97. The van der Waals surface area contributed by atoms with Crippen molar-refractivity contribution in [3.8, 4) is 0 Å². The number of nitro benzene ring substituents is 1. The molecule has 2 aliphatic rings. The number of esters is 1. The number of nitrogens with one attached hydrogen (secondary N) is 1. The SMILES string of the molecule is O=C(COC(=O)C1C[C@H]2CCC[C@@H](C1)C2=O)Nc1ccc(F)c([N+](=O)[O-])c1. The van der Waals surface area contributed by atoms with Crippen molar-refractivity contribution < 1.29 is 28.4 Å². The molecule has 0 heterocycles. The molecule has 2 bridgehead atoms. The average Bonchev–Trinajstić information content (AvgIpc) is 2.61. The van der Waals surface area contributed by atoms with Crippen LogP contribution in [0.1, 0.15) is 32.1 Å². The smallest absolute Gasteiger partial charge is 0.309 e. The van der Waals surface area contributed by atoms with Crippen molar-refractivity contribution in [3.05, 3.63) is 34.1 Å². The second-order valence-corrected chi connectivity index (χ2v) is 6.97. The minimum atomic E-state index is -1.01. The second kappa shape index (κ2) is 7.81. The molecule has 144 valence electrons. The zero-order valence-electron chi connectivity index (χ0n) is 14.5. The lowest BCUT2D eigenvalue weighted by Crippen LogP contribution is -2.40. The fourth-order valence-electron chi connectivity index (χ4n) is 3.85. The molecule has 1 amide bonds. The third-order valence-electron chi connectivity index (χ3n) is 5.15. The first-order valence-corrected chi connectivity index (χ1v) is 8.79. The van der Waals surface area contributed by atoms with Crippen LogP contribution in [0, 0.1) is 33.7 Å². The summed E-state index contributed by atoms with van der Waals surface area (Å²) >= 11 is 0. The summed E-state index contributed by atoms with van der Waals surface area (Å²) in [6.07, 6.45) is 3.50. The van der Waals surface area contributed by atoms with Crippen LogP contribution in [-0.4, -0.2) is 29.2 Å². The van der Waals surface area contributed by atoms with Crippen LogP contribution in [0.2, 0.25) is 0 Å². The van der Waals surface area contributed by atoms with Crippen LogP contribution >= 0.6 is 0 Å². The molecule has 9 heteroatoms. The monoisotopic (exact) mass is 378 g/mol. The van der Waals surface area contributed by atoms with Crippen LogP contribution in [-0.2, 0) is 19.1 Å². The average molecular weight is 378 g/mol. The van der Waals surface area contributed by atoms with E-state index in [1.54, 1.807) is 0 Å². The Hall–Kier alpha value is -2.84. The molecular formula is C18H19FN2O6. The number of benzene rings is 1. The number of carbonyl (C=O) groups is 3. The lowest BCUT2D eigenvalue weighted by atomic mass is 9.67. The normalized spacial score (nSPS) is 24.2. The van der Waals surface area contributed by atoms with Gasteiger partial charge in [0.1, 0.15) is 5.78 Å². The zero-order chi connectivity index (χ0) is 19.6. The first kappa shape index (κ1) is 18.9. The van der Waals surface area contributed by atoms with E-state index < -0.39 is 40.8 Å². The molecule has 0 radical (unpaired) electrons. The molecular weight excluding hydrogens is 359 g/mol. The lowest BCUT2D eigenvalue weighted by molar-refractivity contribution is -0.387. The first-order valence-electron chi connectivity index (χ1n) is 8.79. The van der Waals surface area contributed by atoms with E-state index in [0.29, 0.717) is 12.8 Å². The molecule has 3 atom stereocenters. The van der Waals surface area contributed by atoms with Crippen molar-refractivity contribution in [1.82, 2.24) is 0 Å². The Balaban J connectivity index is 1.52. The highest BCUT2D eigenvalue weighted by molar-refractivity contribution is 5.93. The highest BCUT2D eigenvalue weighted by Crippen LogP contribution is 2.40. The maximum Gasteiger partial charge on any atom is 0.309 e. The topological polar surface area (TPSA) is 116 Å². The number of rotatable bonds is 5. The van der Waals surface area contributed by atoms with Gasteiger partial charge < -0.3 is 10.1 Å². The summed E-state index contributed by atoms with van der Waals surface area (Å²) in [4.78, 5) is 46.0. The van der Waals surface area contributed by atoms with Crippen LogP contribution < -0.4 is 5.32 Å². The largest absolute Gasteiger partial charge is 0.455 e. The van der Waals surface area contributed by atoms with Gasteiger partial charge in [0.05, 0.1) is 10.8 Å². The standard InChI is InChI=1S/C18H19FN2O6/c19-14-5-4-13(8-15(14)21(25)26)20-16(22)9-27-18(24)12-6-10-2-1-3-11(7-12)17(10)23/h4-5,8,10-12H,1-3,6-7,9H2,(H,20,22)/t10-,11+,12?. The number of hydrogen-bond acceptors (Lipinski definition) is 6. The fourth-order valence-corrected chi connectivity index (χ4v) is 3.85. The molecule has 1 aromatic carbocycles. The molecule has 1 unspecified atom stereocenters. The van der Waals surface area contributed by atoms with Crippen molar-refractivity contribution >= 4 is 29.0 Å². The summed E-state index contributed by atoms with van der Waals surface area (Å²) in [6, 6.07) is 2.94. The van der Waals surface area contributed by atoms with Gasteiger partial charge in [0.15, 0.2) is 6.61 Å². The highest BCUT2D eigenvalue weighted by Gasteiger charge is 2.41. The predicted octanol–water partition coefficient (Wildman–Crippen LogP) is 2.61. The number of ketones is 1. The first-order chi connectivity index (χ1) is 12.8. The molecule has 27 heavy (non-hydrogen) atoms. The summed E-state index contributed by atoms with van der Waals surface area (Å²) < 4.78 is 18.3. The van der Waals surface area contributed by atoms with Gasteiger partial charge in [-0.3, -0.25) is 24.5 Å². The summed E-state index contributed by atoms with van der Waals surface area (Å²) in [5.41, 5.74) is -0.731. The van der Waals surface area contributed by atoms with Gasteiger partial charge in [0.2, 0.25) is 5.82 Å². The number of hydrogen-bond donors (Lipinski definition) is 1. The van der Waals surface area contributed by atoms with Crippen molar-refractivity contribution in [2.45, 2.75) is 32.1 Å². The molecule has 2 fully saturated rings. The number of nitro groups is 1. The maximum absolute atomic E-state index is 13.3. The Labute approximate surface area is 154 Å². The third kappa shape index (κ3) is 4.29. The number of amides is 1. The Kier molecular flexibility index (Phi) is 5.48. The van der Waals surface area contributed by atoms with E-state index in [1.165, 1.54) is 6.07 Å². The van der Waals surface area contributed by atoms with Gasteiger partial charge in [0.25, 0.3) is 5.91 Å². The van der Waals surface area contributed by atoms with Gasteiger partial charge in [-0.2, -0.15) is 4.39 Å². The number of fused-ring (bicyclic) bond motifs is 2. The molecule has 0 aliphatic heterocycles. The number of halogens is 1. The predicted molar refractivity (Wildman–Crippen MR) is 91.2 cm³/mol. The number of Topliss-reactive ketones (excluding diaryl/α,β-unsaturated/α-hetero) is 1. The number of anilines is 1. The lowest BCUT2D eigenvalue weighted by Gasteiger charge is -2.36.